The summed E-state index contributed by atoms with van der Waals surface area (Å²) in [6, 6.07) is 9.73. The summed E-state index contributed by atoms with van der Waals surface area (Å²) in [7, 11) is 0. The number of aromatic nitrogens is 2. The zero-order valence-corrected chi connectivity index (χ0v) is 15.4. The van der Waals surface area contributed by atoms with Gasteiger partial charge in [-0.15, -0.1) is 24.8 Å². The summed E-state index contributed by atoms with van der Waals surface area (Å²) in [5.74, 6) is 1.54. The molecule has 0 saturated carbocycles. The summed E-state index contributed by atoms with van der Waals surface area (Å²) in [6.45, 7) is 5.99. The molecule has 5 nitrogen and oxygen atoms in total. The van der Waals surface area contributed by atoms with Crippen LogP contribution in [0.5, 0.6) is 5.75 Å². The molecule has 0 atom stereocenters. The Bertz CT molecular complexity index is 623. The minimum absolute atomic E-state index is 0. The van der Waals surface area contributed by atoms with Gasteiger partial charge in [-0.3, -0.25) is 4.90 Å². The molecule has 0 unspecified atom stereocenters. The summed E-state index contributed by atoms with van der Waals surface area (Å²) in [6.07, 6.45) is 0.955. The fourth-order valence-electron chi connectivity index (χ4n) is 2.76. The van der Waals surface area contributed by atoms with Crippen molar-refractivity contribution in [3.63, 3.8) is 0 Å². The van der Waals surface area contributed by atoms with Crippen LogP contribution < -0.4 is 10.5 Å². The van der Waals surface area contributed by atoms with E-state index in [-0.39, 0.29) is 24.8 Å². The second-order valence-electron chi connectivity index (χ2n) is 5.44. The van der Waals surface area contributed by atoms with Crippen molar-refractivity contribution >= 4 is 24.8 Å². The first-order chi connectivity index (χ1) is 10.8. The van der Waals surface area contributed by atoms with Crippen molar-refractivity contribution in [2.24, 2.45) is 5.73 Å². The first-order valence-corrected chi connectivity index (χ1v) is 7.78. The zero-order valence-electron chi connectivity index (χ0n) is 13.8. The standard InChI is InChI=1S/C17H22N4O.2ClH/c1-2-21-9-8-15-14(11-21)16(10-18)20-17(19-15)12-22-13-6-4-3-5-7-13;;/h3-7H,2,8-12,18H2,1H3;2*1H. The predicted molar refractivity (Wildman–Crippen MR) is 99.8 cm³/mol. The Morgan fingerprint density at radius 2 is 1.92 bits per heavy atom. The van der Waals surface area contributed by atoms with Crippen LogP contribution >= 0.6 is 24.8 Å². The lowest BCUT2D eigenvalue weighted by Crippen LogP contribution is -2.33. The van der Waals surface area contributed by atoms with E-state index in [9.17, 15) is 0 Å². The molecule has 2 N–H and O–H groups in total. The van der Waals surface area contributed by atoms with Gasteiger partial charge < -0.3 is 10.5 Å². The van der Waals surface area contributed by atoms with E-state index in [1.54, 1.807) is 0 Å². The number of ether oxygens (including phenoxy) is 1. The molecular formula is C17H24Cl2N4O. The van der Waals surface area contributed by atoms with Crippen molar-refractivity contribution < 1.29 is 4.74 Å². The molecule has 0 spiro atoms. The van der Waals surface area contributed by atoms with Crippen LogP contribution in [0.1, 0.15) is 29.7 Å². The van der Waals surface area contributed by atoms with E-state index >= 15 is 0 Å². The number of para-hydroxylation sites is 1. The Morgan fingerprint density at radius 3 is 2.58 bits per heavy atom. The maximum absolute atomic E-state index is 5.89. The number of likely N-dealkylation sites (N-methyl/N-ethyl adjacent to an activating group) is 1. The minimum Gasteiger partial charge on any atom is -0.486 e. The minimum atomic E-state index is 0. The van der Waals surface area contributed by atoms with Crippen LogP contribution in [0.15, 0.2) is 30.3 Å². The van der Waals surface area contributed by atoms with E-state index in [4.69, 9.17) is 10.5 Å². The maximum Gasteiger partial charge on any atom is 0.166 e. The summed E-state index contributed by atoms with van der Waals surface area (Å²) in [4.78, 5) is 11.7. The molecule has 0 saturated heterocycles. The van der Waals surface area contributed by atoms with E-state index in [1.807, 2.05) is 30.3 Å². The number of fused-ring (bicyclic) bond motifs is 1. The predicted octanol–water partition coefficient (Wildman–Crippen LogP) is 2.74. The summed E-state index contributed by atoms with van der Waals surface area (Å²) in [5.41, 5.74) is 9.18. The number of nitrogens with two attached hydrogens (primary N) is 1. The highest BCUT2D eigenvalue weighted by Gasteiger charge is 2.21. The number of nitrogens with zero attached hydrogens (tertiary/aromatic N) is 3. The van der Waals surface area contributed by atoms with Crippen LogP contribution in [0.25, 0.3) is 0 Å². The molecule has 2 aromatic rings. The smallest absolute Gasteiger partial charge is 0.166 e. The Kier molecular flexibility index (Phi) is 8.42. The second kappa shape index (κ2) is 9.79. The Hall–Kier alpha value is -1.40. The van der Waals surface area contributed by atoms with Crippen molar-refractivity contribution in [1.29, 1.82) is 0 Å². The number of halogens is 2. The number of hydrogen-bond acceptors (Lipinski definition) is 5. The Labute approximate surface area is 155 Å². The van der Waals surface area contributed by atoms with Crippen LogP contribution in [-0.4, -0.2) is 28.0 Å². The summed E-state index contributed by atoms with van der Waals surface area (Å²) < 4.78 is 5.75. The third-order valence-electron chi connectivity index (χ3n) is 4.02. The molecule has 1 aromatic heterocycles. The van der Waals surface area contributed by atoms with E-state index in [2.05, 4.69) is 21.8 Å². The maximum atomic E-state index is 5.89. The number of benzene rings is 1. The molecule has 24 heavy (non-hydrogen) atoms. The van der Waals surface area contributed by atoms with Crippen LogP contribution in [0.3, 0.4) is 0 Å². The average Bonchev–Trinajstić information content (AvgIpc) is 2.59. The monoisotopic (exact) mass is 370 g/mol. The molecule has 1 aliphatic heterocycles. The first kappa shape index (κ1) is 20.6. The van der Waals surface area contributed by atoms with Gasteiger partial charge >= 0.3 is 0 Å². The van der Waals surface area contributed by atoms with Crippen LogP contribution in [0.2, 0.25) is 0 Å². The lowest BCUT2D eigenvalue weighted by Gasteiger charge is -2.28. The van der Waals surface area contributed by atoms with Crippen LogP contribution in [0.4, 0.5) is 0 Å². The molecule has 2 heterocycles. The lowest BCUT2D eigenvalue weighted by molar-refractivity contribution is 0.260. The molecule has 0 fully saturated rings. The number of rotatable bonds is 5. The fourth-order valence-corrected chi connectivity index (χ4v) is 2.76. The van der Waals surface area contributed by atoms with Gasteiger partial charge in [-0.2, -0.15) is 0 Å². The molecule has 0 amide bonds. The van der Waals surface area contributed by atoms with Gasteiger partial charge in [0.05, 0.1) is 11.4 Å². The van der Waals surface area contributed by atoms with Gasteiger partial charge in [-0.1, -0.05) is 25.1 Å². The van der Waals surface area contributed by atoms with Crippen molar-refractivity contribution in [2.75, 3.05) is 13.1 Å². The molecule has 0 radical (unpaired) electrons. The van der Waals surface area contributed by atoms with Crippen molar-refractivity contribution in [3.05, 3.63) is 53.1 Å². The molecular weight excluding hydrogens is 347 g/mol. The normalized spacial score (nSPS) is 13.4. The zero-order chi connectivity index (χ0) is 15.4. The van der Waals surface area contributed by atoms with Crippen LogP contribution in [-0.2, 0) is 26.1 Å². The van der Waals surface area contributed by atoms with Gasteiger partial charge in [-0.25, -0.2) is 9.97 Å². The Balaban J connectivity index is 0.00000144. The van der Waals surface area contributed by atoms with Gasteiger partial charge in [0.25, 0.3) is 0 Å². The second-order valence-corrected chi connectivity index (χ2v) is 5.44. The van der Waals surface area contributed by atoms with E-state index < -0.39 is 0 Å². The molecule has 1 aliphatic rings. The van der Waals surface area contributed by atoms with Crippen LogP contribution in [0, 0.1) is 0 Å². The number of hydrogen-bond donors (Lipinski definition) is 1. The SMILES string of the molecule is CCN1CCc2nc(COc3ccccc3)nc(CN)c2C1.Cl.Cl. The molecule has 7 heteroatoms. The van der Waals surface area contributed by atoms with Crippen molar-refractivity contribution in [1.82, 2.24) is 14.9 Å². The largest absolute Gasteiger partial charge is 0.486 e. The topological polar surface area (TPSA) is 64.3 Å². The molecule has 1 aromatic carbocycles. The molecule has 0 bridgehead atoms. The molecule has 3 rings (SSSR count). The van der Waals surface area contributed by atoms with Gasteiger partial charge in [0, 0.05) is 31.6 Å². The van der Waals surface area contributed by atoms with E-state index in [1.165, 1.54) is 5.56 Å². The molecule has 132 valence electrons. The van der Waals surface area contributed by atoms with Gasteiger partial charge in [0.1, 0.15) is 12.4 Å². The van der Waals surface area contributed by atoms with Crippen molar-refractivity contribution in [3.8, 4) is 5.75 Å². The Morgan fingerprint density at radius 1 is 1.17 bits per heavy atom. The highest BCUT2D eigenvalue weighted by Crippen LogP contribution is 2.20. The van der Waals surface area contributed by atoms with Gasteiger partial charge in [0.2, 0.25) is 0 Å². The van der Waals surface area contributed by atoms with Crippen molar-refractivity contribution in [2.45, 2.75) is 33.0 Å². The average molecular weight is 371 g/mol. The summed E-state index contributed by atoms with van der Waals surface area (Å²) in [5, 5.41) is 0. The van der Waals surface area contributed by atoms with Gasteiger partial charge in [0.15, 0.2) is 5.82 Å². The van der Waals surface area contributed by atoms with E-state index in [0.717, 1.165) is 43.2 Å². The quantitative estimate of drug-likeness (QED) is 0.876. The fraction of sp³-hybridized carbons (Fsp3) is 0.412. The van der Waals surface area contributed by atoms with E-state index in [0.29, 0.717) is 19.0 Å². The third-order valence-corrected chi connectivity index (χ3v) is 4.02. The third kappa shape index (κ3) is 4.80. The highest BCUT2D eigenvalue weighted by atomic mass is 35.5. The first-order valence-electron chi connectivity index (χ1n) is 7.78. The molecule has 0 aliphatic carbocycles. The summed E-state index contributed by atoms with van der Waals surface area (Å²) >= 11 is 0. The van der Waals surface area contributed by atoms with Gasteiger partial charge in [-0.05, 0) is 18.7 Å². The lowest BCUT2D eigenvalue weighted by atomic mass is 10.0. The highest BCUT2D eigenvalue weighted by molar-refractivity contribution is 5.85.